The van der Waals surface area contributed by atoms with Crippen LogP contribution in [0.15, 0.2) is 59.7 Å². The molecule has 8 heteroatoms. The summed E-state index contributed by atoms with van der Waals surface area (Å²) in [5.74, 6) is 0.782. The van der Waals surface area contributed by atoms with Crippen LogP contribution in [0.25, 0.3) is 10.9 Å². The van der Waals surface area contributed by atoms with Crippen molar-refractivity contribution in [3.05, 3.63) is 76.6 Å². The van der Waals surface area contributed by atoms with E-state index in [-0.39, 0.29) is 18.1 Å². The Hall–Kier alpha value is -3.81. The van der Waals surface area contributed by atoms with Gasteiger partial charge in [-0.15, -0.1) is 0 Å². The molecule has 2 aromatic carbocycles. The number of nitrogens with zero attached hydrogens (tertiary/aromatic N) is 5. The van der Waals surface area contributed by atoms with Crippen LogP contribution in [-0.4, -0.2) is 24.5 Å². The van der Waals surface area contributed by atoms with E-state index in [0.29, 0.717) is 22.7 Å². The number of hydrogen-bond donors (Lipinski definition) is 2. The van der Waals surface area contributed by atoms with Crippen LogP contribution in [-0.2, 0) is 6.54 Å². The highest BCUT2D eigenvalue weighted by Gasteiger charge is 2.09. The number of anilines is 3. The fourth-order valence-electron chi connectivity index (χ4n) is 2.77. The molecule has 3 N–H and O–H groups in total. The molecule has 27 heavy (non-hydrogen) atoms. The van der Waals surface area contributed by atoms with Crippen LogP contribution >= 0.6 is 0 Å². The van der Waals surface area contributed by atoms with Gasteiger partial charge in [-0.3, -0.25) is 9.36 Å². The average Bonchev–Trinajstić information content (AvgIpc) is 2.66. The van der Waals surface area contributed by atoms with Gasteiger partial charge in [0.2, 0.25) is 11.9 Å². The van der Waals surface area contributed by atoms with E-state index in [0.717, 1.165) is 11.3 Å². The van der Waals surface area contributed by atoms with Gasteiger partial charge in [-0.2, -0.15) is 15.0 Å². The summed E-state index contributed by atoms with van der Waals surface area (Å²) in [4.78, 5) is 29.6. The Morgan fingerprint density at radius 1 is 1.04 bits per heavy atom. The maximum Gasteiger partial charge on any atom is 0.261 e. The Labute approximate surface area is 154 Å². The van der Waals surface area contributed by atoms with Crippen molar-refractivity contribution in [2.24, 2.45) is 0 Å². The second-order valence-electron chi connectivity index (χ2n) is 6.07. The van der Waals surface area contributed by atoms with Crippen molar-refractivity contribution in [2.45, 2.75) is 13.5 Å². The zero-order valence-corrected chi connectivity index (χ0v) is 14.6. The van der Waals surface area contributed by atoms with E-state index >= 15 is 0 Å². The number of benzene rings is 2. The fourth-order valence-corrected chi connectivity index (χ4v) is 2.77. The second kappa shape index (κ2) is 6.83. The van der Waals surface area contributed by atoms with E-state index < -0.39 is 0 Å². The lowest BCUT2D eigenvalue weighted by molar-refractivity contribution is 0.704. The summed E-state index contributed by atoms with van der Waals surface area (Å²) < 4.78 is 1.45. The lowest BCUT2D eigenvalue weighted by Gasteiger charge is -2.10. The highest BCUT2D eigenvalue weighted by Crippen LogP contribution is 2.17. The monoisotopic (exact) mass is 359 g/mol. The van der Waals surface area contributed by atoms with Crippen molar-refractivity contribution in [1.29, 1.82) is 0 Å². The van der Waals surface area contributed by atoms with Gasteiger partial charge in [-0.1, -0.05) is 30.3 Å². The fraction of sp³-hybridized carbons (Fsp3) is 0.105. The van der Waals surface area contributed by atoms with E-state index in [4.69, 9.17) is 5.73 Å². The molecule has 0 saturated heterocycles. The molecule has 0 aliphatic rings. The number of nitrogens with two attached hydrogens (primary N) is 1. The topological polar surface area (TPSA) is 112 Å². The summed E-state index contributed by atoms with van der Waals surface area (Å²) in [5, 5.41) is 3.68. The molecule has 0 aliphatic heterocycles. The molecule has 134 valence electrons. The number of hydrogen-bond acceptors (Lipinski definition) is 7. The molecule has 0 amide bonds. The molecule has 0 spiro atoms. The van der Waals surface area contributed by atoms with Gasteiger partial charge in [0.25, 0.3) is 5.56 Å². The Morgan fingerprint density at radius 3 is 2.67 bits per heavy atom. The molecular formula is C19H17N7O. The van der Waals surface area contributed by atoms with Crippen molar-refractivity contribution in [1.82, 2.24) is 24.5 Å². The number of rotatable bonds is 4. The number of para-hydroxylation sites is 2. The van der Waals surface area contributed by atoms with E-state index in [9.17, 15) is 4.79 Å². The van der Waals surface area contributed by atoms with E-state index in [1.165, 1.54) is 10.9 Å². The standard InChI is InChI=1S/C19H17N7O/c1-12-6-2-4-8-14(12)22-19-24-16(23-18(20)25-19)10-26-11-21-15-9-5-3-7-13(15)17(26)27/h2-9,11H,10H2,1H3,(H3,20,22,23,24,25). The summed E-state index contributed by atoms with van der Waals surface area (Å²) >= 11 is 0. The quantitative estimate of drug-likeness (QED) is 0.575. The largest absolute Gasteiger partial charge is 0.368 e. The van der Waals surface area contributed by atoms with Gasteiger partial charge in [-0.25, -0.2) is 4.98 Å². The first kappa shape index (κ1) is 16.6. The molecule has 0 fully saturated rings. The summed E-state index contributed by atoms with van der Waals surface area (Å²) in [6, 6.07) is 15.0. The first-order valence-corrected chi connectivity index (χ1v) is 8.37. The molecule has 0 aliphatic carbocycles. The maximum absolute atomic E-state index is 12.6. The van der Waals surface area contributed by atoms with Crippen LogP contribution < -0.4 is 16.6 Å². The molecule has 4 aromatic rings. The zero-order chi connectivity index (χ0) is 18.8. The molecule has 2 heterocycles. The molecule has 0 unspecified atom stereocenters. The molecule has 0 radical (unpaired) electrons. The van der Waals surface area contributed by atoms with Crippen molar-refractivity contribution in [3.8, 4) is 0 Å². The SMILES string of the molecule is Cc1ccccc1Nc1nc(N)nc(Cn2cnc3ccccc3c2=O)n1. The van der Waals surface area contributed by atoms with Gasteiger partial charge in [0.15, 0.2) is 5.82 Å². The lowest BCUT2D eigenvalue weighted by atomic mass is 10.2. The Bertz CT molecular complexity index is 1190. The van der Waals surface area contributed by atoms with E-state index in [2.05, 4.69) is 25.3 Å². The highest BCUT2D eigenvalue weighted by atomic mass is 16.1. The van der Waals surface area contributed by atoms with Crippen molar-refractivity contribution < 1.29 is 0 Å². The third-order valence-corrected chi connectivity index (χ3v) is 4.13. The minimum atomic E-state index is -0.159. The molecule has 8 nitrogen and oxygen atoms in total. The lowest BCUT2D eigenvalue weighted by Crippen LogP contribution is -2.22. The predicted octanol–water partition coefficient (Wildman–Crippen LogP) is 2.26. The number of nitrogens with one attached hydrogen (secondary N) is 1. The van der Waals surface area contributed by atoms with Gasteiger partial charge in [0, 0.05) is 5.69 Å². The van der Waals surface area contributed by atoms with Crippen LogP contribution in [0.2, 0.25) is 0 Å². The first-order chi connectivity index (χ1) is 13.1. The van der Waals surface area contributed by atoms with Gasteiger partial charge in [0.05, 0.1) is 23.8 Å². The van der Waals surface area contributed by atoms with Gasteiger partial charge in [-0.05, 0) is 30.7 Å². The average molecular weight is 359 g/mol. The second-order valence-corrected chi connectivity index (χ2v) is 6.07. The van der Waals surface area contributed by atoms with Crippen molar-refractivity contribution in [3.63, 3.8) is 0 Å². The van der Waals surface area contributed by atoms with Crippen molar-refractivity contribution >= 4 is 28.5 Å². The Kier molecular flexibility index (Phi) is 4.21. The Balaban J connectivity index is 1.67. The normalized spacial score (nSPS) is 10.9. The molecule has 0 bridgehead atoms. The molecule has 4 rings (SSSR count). The number of nitrogen functional groups attached to an aromatic ring is 1. The van der Waals surface area contributed by atoms with E-state index in [1.807, 2.05) is 37.3 Å². The number of aromatic nitrogens is 5. The highest BCUT2D eigenvalue weighted by molar-refractivity contribution is 5.76. The minimum absolute atomic E-state index is 0.0814. The van der Waals surface area contributed by atoms with Gasteiger partial charge >= 0.3 is 0 Å². The smallest absolute Gasteiger partial charge is 0.261 e. The molecule has 2 aromatic heterocycles. The zero-order valence-electron chi connectivity index (χ0n) is 14.6. The first-order valence-electron chi connectivity index (χ1n) is 8.37. The summed E-state index contributed by atoms with van der Waals surface area (Å²) in [7, 11) is 0. The summed E-state index contributed by atoms with van der Waals surface area (Å²) in [6.07, 6.45) is 1.49. The Morgan fingerprint density at radius 2 is 1.81 bits per heavy atom. The van der Waals surface area contributed by atoms with Gasteiger partial charge < -0.3 is 11.1 Å². The maximum atomic E-state index is 12.6. The van der Waals surface area contributed by atoms with Crippen LogP contribution in [0, 0.1) is 6.92 Å². The van der Waals surface area contributed by atoms with E-state index in [1.54, 1.807) is 18.2 Å². The van der Waals surface area contributed by atoms with Gasteiger partial charge in [0.1, 0.15) is 0 Å². The summed E-state index contributed by atoms with van der Waals surface area (Å²) in [6.45, 7) is 2.12. The van der Waals surface area contributed by atoms with Crippen molar-refractivity contribution in [2.75, 3.05) is 11.1 Å². The minimum Gasteiger partial charge on any atom is -0.368 e. The summed E-state index contributed by atoms with van der Waals surface area (Å²) in [5.41, 5.74) is 8.24. The van der Waals surface area contributed by atoms with Crippen LogP contribution in [0.1, 0.15) is 11.4 Å². The molecule has 0 atom stereocenters. The number of fused-ring (bicyclic) bond motifs is 1. The third kappa shape index (κ3) is 3.45. The number of aryl methyl sites for hydroxylation is 1. The van der Waals surface area contributed by atoms with Crippen LogP contribution in [0.3, 0.4) is 0 Å². The molecular weight excluding hydrogens is 342 g/mol. The van der Waals surface area contributed by atoms with Crippen LogP contribution in [0.5, 0.6) is 0 Å². The predicted molar refractivity (Wildman–Crippen MR) is 104 cm³/mol. The third-order valence-electron chi connectivity index (χ3n) is 4.13. The molecule has 0 saturated carbocycles. The van der Waals surface area contributed by atoms with Crippen LogP contribution in [0.4, 0.5) is 17.6 Å².